The lowest BCUT2D eigenvalue weighted by atomic mass is 9.97. The highest BCUT2D eigenvalue weighted by atomic mass is 32.2. The van der Waals surface area contributed by atoms with E-state index in [0.29, 0.717) is 63.2 Å². The third-order valence-electron chi connectivity index (χ3n) is 23.0. The normalized spacial score (nSPS) is 17.2. The Hall–Kier alpha value is -14.8. The van der Waals surface area contributed by atoms with E-state index in [2.05, 4.69) is 76.7 Å². The zero-order valence-electron chi connectivity index (χ0n) is 72.0. The summed E-state index contributed by atoms with van der Waals surface area (Å²) >= 11 is 0. The van der Waals surface area contributed by atoms with Gasteiger partial charge in [0.15, 0.2) is 23.3 Å². The number of aromatic nitrogens is 8. The Labute approximate surface area is 754 Å². The molecule has 0 spiro atoms. The van der Waals surface area contributed by atoms with Crippen molar-refractivity contribution in [1.29, 1.82) is 5.26 Å². The summed E-state index contributed by atoms with van der Waals surface area (Å²) in [7, 11) is 3.08. The number of carbonyl (C=O) groups excluding carboxylic acids is 4. The molecule has 4 unspecified atom stereocenters. The Kier molecular flexibility index (Phi) is 25.5. The Morgan fingerprint density at radius 1 is 0.394 bits per heavy atom. The summed E-state index contributed by atoms with van der Waals surface area (Å²) in [4.78, 5) is 98.8. The molecule has 8 N–H and O–H groups in total. The van der Waals surface area contributed by atoms with Gasteiger partial charge in [0.25, 0.3) is 23.6 Å². The number of rotatable bonds is 19. The van der Waals surface area contributed by atoms with Crippen molar-refractivity contribution in [2.24, 2.45) is 5.14 Å². The van der Waals surface area contributed by atoms with Crippen LogP contribution in [0.25, 0.3) is 0 Å². The summed E-state index contributed by atoms with van der Waals surface area (Å²) < 4.78 is 163. The van der Waals surface area contributed by atoms with Crippen LogP contribution in [0.5, 0.6) is 0 Å². The largest absolute Gasteiger partial charge is 0.342 e. The molecule has 43 heteroatoms. The molecule has 132 heavy (non-hydrogen) atoms. The summed E-state index contributed by atoms with van der Waals surface area (Å²) in [6.45, 7) is 1.98. The van der Waals surface area contributed by atoms with Crippen LogP contribution in [0.2, 0.25) is 0 Å². The minimum Gasteiger partial charge on any atom is -0.342 e. The van der Waals surface area contributed by atoms with Crippen LogP contribution < -0.4 is 75.0 Å². The van der Waals surface area contributed by atoms with Gasteiger partial charge >= 0.3 is 0 Å². The number of nitrogens with two attached hydrogens (primary N) is 1. The molecule has 0 saturated heterocycles. The van der Waals surface area contributed by atoms with Gasteiger partial charge < -0.3 is 60.5 Å². The van der Waals surface area contributed by atoms with Crippen LogP contribution in [-0.4, -0.2) is 158 Å². The second-order valence-corrected chi connectivity index (χ2v) is 36.7. The number of primary sulfonamides is 1. The molecule has 6 aliphatic rings. The third kappa shape index (κ3) is 18.5. The molecule has 680 valence electrons. The number of hydrogen-bond acceptors (Lipinski definition) is 27. The first-order valence-electron chi connectivity index (χ1n) is 40.6. The molecule has 4 atom stereocenters. The lowest BCUT2D eigenvalue weighted by Crippen LogP contribution is -2.46. The molecule has 0 bridgehead atoms. The monoisotopic (exact) mass is 1860 g/mol. The van der Waals surface area contributed by atoms with Crippen LogP contribution in [0.4, 0.5) is 119 Å². The molecule has 0 radical (unpaired) electrons. The van der Waals surface area contributed by atoms with Gasteiger partial charge in [-0.1, -0.05) is 54.6 Å². The smallest absolute Gasteiger partial charge is 0.254 e. The van der Waals surface area contributed by atoms with Gasteiger partial charge in [-0.05, 0) is 178 Å². The Balaban J connectivity index is 0.000000135. The fourth-order valence-corrected chi connectivity index (χ4v) is 17.9. The number of benzene rings is 8. The lowest BCUT2D eigenvalue weighted by Gasteiger charge is -2.39. The first-order chi connectivity index (χ1) is 62.8. The predicted octanol–water partition coefficient (Wildman–Crippen LogP) is 12.2. The number of fused-ring (bicyclic) bond motifs is 4. The molecule has 2 fully saturated rings. The number of amides is 4. The van der Waals surface area contributed by atoms with E-state index in [4.69, 9.17) is 5.14 Å². The summed E-state index contributed by atoms with van der Waals surface area (Å²) in [6, 6.07) is 41.9. The standard InChI is InChI=1S/C24H20F2N6O.C23H22F2N6O3S.C21H20F2N6O3S.C21H22N6O3S/c1-31-18-12-28-23(29-15-8-6-14(7-9-15)24(13-27)10-11-24)30-21(18)32(2)20(22(31)33)19-16(25)4-3-5-17(19)26;1-30-18-12-26-23(27-13-8-10-15(11-9-13)35(33,34)29-14-6-7-14)28-21(18)31(2)20(22(30)32)19-16(24)4-3-5-17(19)25;1-24-33(31,32)13-9-7-12(8-10-13)26-21-25-11-16-19(27-21)29(3)18(20(30)28(16)2)17-14(22)5-4-6-15(17)23;1-13-6-4-5-7-16(13)18-20(28)26(2)17-12-23-21(25-19(17)27(18)3)24-14-8-10-15(11-9-14)31(22,29)30/h3-9,12,20H,10-11H2,1-2H3,(H,28,29,30);3-5,8-12,14,20,29H,6-7H2,1-2H3,(H,26,27,28);4-11,18,24H,1-3H3,(H,25,26,27);4-12,18H,1-3H3,(H2,22,29,30)(H,23,24,25). The van der Waals surface area contributed by atoms with Crippen LogP contribution in [0.1, 0.15) is 83.2 Å². The maximum Gasteiger partial charge on any atom is 0.254 e. The van der Waals surface area contributed by atoms with Crippen LogP contribution >= 0.6 is 0 Å². The Morgan fingerprint density at radius 2 is 0.682 bits per heavy atom. The maximum atomic E-state index is 14.5. The average Bonchev–Trinajstić information content (AvgIpc) is 0.946. The maximum absolute atomic E-state index is 14.5. The molecular formula is C89H84F6N24O10S3. The topological polar surface area (TPSA) is 422 Å². The number of aryl methyl sites for hydroxylation is 1. The van der Waals surface area contributed by atoms with Gasteiger partial charge in [-0.2, -0.15) is 25.2 Å². The van der Waals surface area contributed by atoms with Crippen molar-refractivity contribution in [2.75, 3.05) is 124 Å². The van der Waals surface area contributed by atoms with Crippen molar-refractivity contribution in [3.63, 3.8) is 0 Å². The first kappa shape index (κ1) is 91.9. The van der Waals surface area contributed by atoms with E-state index in [-0.39, 0.29) is 72.4 Å². The van der Waals surface area contributed by atoms with E-state index in [1.807, 2.05) is 67.4 Å². The Morgan fingerprint density at radius 3 is 0.970 bits per heavy atom. The predicted molar refractivity (Wildman–Crippen MR) is 483 cm³/mol. The van der Waals surface area contributed by atoms with Gasteiger partial charge in [-0.25, -0.2) is 86.1 Å². The average molecular weight is 1860 g/mol. The number of nitrogens with zero attached hydrogens (tertiary/aromatic N) is 17. The molecule has 18 rings (SSSR count). The number of hydrogen-bond donors (Lipinski definition) is 7. The van der Waals surface area contributed by atoms with Crippen LogP contribution in [0.15, 0.2) is 215 Å². The molecule has 4 aliphatic heterocycles. The molecule has 34 nitrogen and oxygen atoms in total. The highest BCUT2D eigenvalue weighted by molar-refractivity contribution is 7.90. The van der Waals surface area contributed by atoms with E-state index in [9.17, 15) is 76.0 Å². The fraction of sp³-hybridized carbons (Fsp3) is 0.225. The lowest BCUT2D eigenvalue weighted by molar-refractivity contribution is -0.120. The fourth-order valence-electron chi connectivity index (χ4n) is 15.3. The van der Waals surface area contributed by atoms with Crippen molar-refractivity contribution in [2.45, 2.75) is 82.9 Å². The number of sulfonamides is 3. The van der Waals surface area contributed by atoms with Crippen molar-refractivity contribution in [1.82, 2.24) is 49.3 Å². The van der Waals surface area contributed by atoms with Gasteiger partial charge in [0.05, 0.1) is 67.6 Å². The first-order valence-corrected chi connectivity index (χ1v) is 45.1. The number of anilines is 16. The van der Waals surface area contributed by atoms with Gasteiger partial charge in [0.1, 0.15) is 81.8 Å². The summed E-state index contributed by atoms with van der Waals surface area (Å²) in [5.41, 5.74) is 5.68. The van der Waals surface area contributed by atoms with E-state index < -0.39 is 107 Å². The van der Waals surface area contributed by atoms with Crippen molar-refractivity contribution in [3.05, 3.63) is 269 Å². The van der Waals surface area contributed by atoms with E-state index in [1.165, 1.54) is 145 Å². The molecule has 4 aromatic heterocycles. The van der Waals surface area contributed by atoms with Crippen LogP contribution in [0.3, 0.4) is 0 Å². The zero-order chi connectivity index (χ0) is 94.5. The number of nitrogens with one attached hydrogen (secondary N) is 6. The van der Waals surface area contributed by atoms with E-state index in [0.717, 1.165) is 84.5 Å². The number of carbonyl (C=O) groups is 4. The van der Waals surface area contributed by atoms with Gasteiger partial charge in [0.2, 0.25) is 53.9 Å². The summed E-state index contributed by atoms with van der Waals surface area (Å²) in [5.74, 6) is -4.05. The summed E-state index contributed by atoms with van der Waals surface area (Å²) in [5, 5.41) is 26.6. The molecule has 8 aromatic carbocycles. The minimum absolute atomic E-state index is 0.00496. The zero-order valence-corrected chi connectivity index (χ0v) is 74.5. The van der Waals surface area contributed by atoms with E-state index >= 15 is 0 Å². The molecule has 2 saturated carbocycles. The molecule has 2 aliphatic carbocycles. The number of halogens is 6. The third-order valence-corrected chi connectivity index (χ3v) is 26.9. The van der Waals surface area contributed by atoms with Crippen molar-refractivity contribution < 1.29 is 70.8 Å². The highest BCUT2D eigenvalue weighted by Crippen LogP contribution is 2.49. The number of likely N-dealkylation sites (N-methyl/N-ethyl adjacent to an activating group) is 8. The van der Waals surface area contributed by atoms with Crippen LogP contribution in [0, 0.1) is 53.2 Å². The van der Waals surface area contributed by atoms with Gasteiger partial charge in [-0.3, -0.25) is 19.2 Å². The van der Waals surface area contributed by atoms with Crippen LogP contribution in [-0.2, 0) is 54.7 Å². The summed E-state index contributed by atoms with van der Waals surface area (Å²) in [6.07, 6.45) is 9.36. The molecular weight excluding hydrogens is 1780 g/mol. The van der Waals surface area contributed by atoms with Gasteiger partial charge in [0, 0.05) is 85.2 Å². The second kappa shape index (κ2) is 36.6. The molecule has 12 aromatic rings. The quantitative estimate of drug-likeness (QED) is 0.0370. The molecule has 4 amide bonds. The number of nitriles is 1. The van der Waals surface area contributed by atoms with E-state index in [1.54, 1.807) is 61.6 Å². The Bertz CT molecular complexity index is 6900. The second-order valence-electron chi connectivity index (χ2n) is 31.5. The van der Waals surface area contributed by atoms with Crippen molar-refractivity contribution >= 4 is 146 Å². The van der Waals surface area contributed by atoms with Crippen molar-refractivity contribution in [3.8, 4) is 6.07 Å². The highest BCUT2D eigenvalue weighted by Gasteiger charge is 2.47. The minimum atomic E-state index is -3.76. The SMILES string of the molecule is CN1C(=O)C(c2c(F)cccc2F)N(C)c2nc(Nc3ccc(C4(C#N)CC4)cc3)ncc21.CN1C(=O)C(c2c(F)cccc2F)N(C)c2nc(Nc3ccc(S(=O)(=O)NC4CC4)cc3)ncc21.CNS(=O)(=O)c1ccc(Nc2ncc3c(n2)N(C)C(c2c(F)cccc2F)C(=O)N3C)cc1.Cc1ccccc1C1C(=O)N(C)c2cnc(Nc3ccc(S(N)(=O)=O)cc3)nc2N1C. The van der Waals surface area contributed by atoms with Gasteiger partial charge in [-0.15, -0.1) is 0 Å². The molecule has 8 heterocycles.